The number of fused-ring (bicyclic) bond motifs is 14. The minimum atomic E-state index is -0.339. The Morgan fingerprint density at radius 3 is 1.74 bits per heavy atom. The largest absolute Gasteiger partial charge is 0.454 e. The fourth-order valence-electron chi connectivity index (χ4n) is 7.75. The van der Waals surface area contributed by atoms with Crippen molar-refractivity contribution in [2.45, 2.75) is 5.41 Å². The van der Waals surface area contributed by atoms with Crippen LogP contribution in [0, 0.1) is 0 Å². The van der Waals surface area contributed by atoms with Crippen LogP contribution < -0.4 is 0 Å². The second-order valence-corrected chi connectivity index (χ2v) is 11.5. The van der Waals surface area contributed by atoms with Crippen LogP contribution in [-0.2, 0) is 5.41 Å². The summed E-state index contributed by atoms with van der Waals surface area (Å²) in [5.41, 5.74) is 16.4. The maximum absolute atomic E-state index is 6.17. The Hall–Kier alpha value is -5.47. The minimum absolute atomic E-state index is 0.339. The van der Waals surface area contributed by atoms with Gasteiger partial charge in [0.1, 0.15) is 11.1 Å². The highest BCUT2D eigenvalue weighted by molar-refractivity contribution is 6.06. The Morgan fingerprint density at radius 1 is 0.452 bits per heavy atom. The lowest BCUT2D eigenvalue weighted by Crippen LogP contribution is -2.25. The van der Waals surface area contributed by atoms with Gasteiger partial charge in [0, 0.05) is 10.8 Å². The second kappa shape index (κ2) is 7.84. The van der Waals surface area contributed by atoms with E-state index in [1.807, 2.05) is 18.2 Å². The van der Waals surface area contributed by atoms with Crippen LogP contribution in [0.3, 0.4) is 0 Å². The number of para-hydroxylation sites is 1. The summed E-state index contributed by atoms with van der Waals surface area (Å²) < 4.78 is 6.17. The van der Waals surface area contributed by atoms with E-state index in [1.165, 1.54) is 55.6 Å². The summed E-state index contributed by atoms with van der Waals surface area (Å²) in [7, 11) is 0. The van der Waals surface area contributed by atoms with Crippen LogP contribution in [0.2, 0.25) is 0 Å². The first-order chi connectivity index (χ1) is 20.8. The molecule has 42 heavy (non-hydrogen) atoms. The molecule has 0 unspecified atom stereocenters. The summed E-state index contributed by atoms with van der Waals surface area (Å²) in [4.78, 5) is 5.00. The fraction of sp³-hybridized carbons (Fsp3) is 0.0250. The van der Waals surface area contributed by atoms with Gasteiger partial charge in [0.15, 0.2) is 5.58 Å². The standard InChI is InChI=1S/C40H23NO/c1-5-13-32-27(9-1)28-10-2-6-14-33(28)40(32)34-15-7-3-11-29(34)30-19-17-25(22-35(30)40)24-18-20-36-26(21-24)23-38-39(41-36)31-12-4-8-16-37(31)42-38/h1-23H. The summed E-state index contributed by atoms with van der Waals surface area (Å²) in [5.74, 6) is 0. The van der Waals surface area contributed by atoms with E-state index in [4.69, 9.17) is 9.40 Å². The van der Waals surface area contributed by atoms with Gasteiger partial charge in [-0.05, 0) is 92.0 Å². The lowest BCUT2D eigenvalue weighted by atomic mass is 9.70. The van der Waals surface area contributed by atoms with Crippen LogP contribution in [0.15, 0.2) is 144 Å². The van der Waals surface area contributed by atoms with Gasteiger partial charge in [-0.15, -0.1) is 0 Å². The Bertz CT molecular complexity index is 2360. The maximum atomic E-state index is 6.17. The molecule has 1 spiro atoms. The highest BCUT2D eigenvalue weighted by Gasteiger charge is 2.51. The maximum Gasteiger partial charge on any atom is 0.154 e. The molecule has 0 amide bonds. The molecule has 6 aromatic carbocycles. The molecule has 2 aromatic heterocycles. The molecule has 194 valence electrons. The molecule has 0 saturated carbocycles. The van der Waals surface area contributed by atoms with Gasteiger partial charge >= 0.3 is 0 Å². The van der Waals surface area contributed by atoms with Crippen molar-refractivity contribution in [3.8, 4) is 33.4 Å². The highest BCUT2D eigenvalue weighted by atomic mass is 16.3. The summed E-state index contributed by atoms with van der Waals surface area (Å²) >= 11 is 0. The quantitative estimate of drug-likeness (QED) is 0.210. The predicted molar refractivity (Wildman–Crippen MR) is 171 cm³/mol. The van der Waals surface area contributed by atoms with Gasteiger partial charge in [-0.3, -0.25) is 0 Å². The molecular weight excluding hydrogens is 510 g/mol. The third-order valence-corrected chi connectivity index (χ3v) is 9.47. The molecule has 2 heteroatoms. The molecule has 2 heterocycles. The van der Waals surface area contributed by atoms with Gasteiger partial charge in [-0.1, -0.05) is 103 Å². The van der Waals surface area contributed by atoms with Crippen molar-refractivity contribution in [3.05, 3.63) is 162 Å². The van der Waals surface area contributed by atoms with Gasteiger partial charge in [0.05, 0.1) is 10.9 Å². The molecule has 8 aromatic rings. The summed E-state index contributed by atoms with van der Waals surface area (Å²) in [6, 6.07) is 50.8. The van der Waals surface area contributed by atoms with Crippen molar-refractivity contribution < 1.29 is 4.42 Å². The van der Waals surface area contributed by atoms with Crippen molar-refractivity contribution in [2.24, 2.45) is 0 Å². The Kier molecular flexibility index (Phi) is 4.15. The molecule has 0 N–H and O–H groups in total. The average molecular weight is 534 g/mol. The topological polar surface area (TPSA) is 26.0 Å². The third-order valence-electron chi connectivity index (χ3n) is 9.47. The normalized spacial score (nSPS) is 13.9. The fourth-order valence-corrected chi connectivity index (χ4v) is 7.75. The number of aromatic nitrogens is 1. The first kappa shape index (κ1) is 22.2. The number of rotatable bonds is 1. The van der Waals surface area contributed by atoms with Crippen LogP contribution in [-0.4, -0.2) is 4.98 Å². The van der Waals surface area contributed by atoms with Crippen LogP contribution in [0.5, 0.6) is 0 Å². The number of nitrogens with zero attached hydrogens (tertiary/aromatic N) is 1. The van der Waals surface area contributed by atoms with E-state index in [9.17, 15) is 0 Å². The van der Waals surface area contributed by atoms with E-state index in [-0.39, 0.29) is 5.41 Å². The Morgan fingerprint density at radius 2 is 1.02 bits per heavy atom. The predicted octanol–water partition coefficient (Wildman–Crippen LogP) is 10.1. The monoisotopic (exact) mass is 533 g/mol. The van der Waals surface area contributed by atoms with E-state index in [0.717, 1.165) is 33.0 Å². The van der Waals surface area contributed by atoms with Gasteiger partial charge in [0.25, 0.3) is 0 Å². The van der Waals surface area contributed by atoms with Crippen molar-refractivity contribution in [3.63, 3.8) is 0 Å². The van der Waals surface area contributed by atoms with E-state index >= 15 is 0 Å². The minimum Gasteiger partial charge on any atom is -0.454 e. The molecule has 0 radical (unpaired) electrons. The zero-order valence-corrected chi connectivity index (χ0v) is 22.6. The van der Waals surface area contributed by atoms with E-state index in [1.54, 1.807) is 0 Å². The first-order valence-corrected chi connectivity index (χ1v) is 14.5. The number of hydrogen-bond donors (Lipinski definition) is 0. The number of benzene rings is 6. The molecule has 0 fully saturated rings. The van der Waals surface area contributed by atoms with Crippen molar-refractivity contribution >= 4 is 33.0 Å². The Balaban J connectivity index is 1.22. The third kappa shape index (κ3) is 2.67. The molecule has 2 aliphatic carbocycles. The van der Waals surface area contributed by atoms with Crippen LogP contribution >= 0.6 is 0 Å². The zero-order chi connectivity index (χ0) is 27.4. The lowest BCUT2D eigenvalue weighted by molar-refractivity contribution is 0.669. The lowest BCUT2D eigenvalue weighted by Gasteiger charge is -2.30. The molecule has 0 atom stereocenters. The SMILES string of the molecule is c1ccc2c(c1)-c1ccccc1C21c2ccccc2-c2ccc(-c3ccc4nc5c(cc4c3)oc3ccccc35)cc21. The molecule has 2 nitrogen and oxygen atoms in total. The molecule has 0 aliphatic heterocycles. The Labute approximate surface area is 242 Å². The molecule has 0 saturated heterocycles. The number of pyridine rings is 1. The smallest absolute Gasteiger partial charge is 0.154 e. The average Bonchev–Trinajstić information content (AvgIpc) is 3.67. The second-order valence-electron chi connectivity index (χ2n) is 11.5. The van der Waals surface area contributed by atoms with Gasteiger partial charge in [0.2, 0.25) is 0 Å². The van der Waals surface area contributed by atoms with Gasteiger partial charge < -0.3 is 4.42 Å². The molecule has 10 rings (SSSR count). The van der Waals surface area contributed by atoms with E-state index < -0.39 is 0 Å². The van der Waals surface area contributed by atoms with E-state index in [2.05, 4.69) is 121 Å². The van der Waals surface area contributed by atoms with Crippen LogP contribution in [0.1, 0.15) is 22.3 Å². The first-order valence-electron chi connectivity index (χ1n) is 14.5. The van der Waals surface area contributed by atoms with Crippen LogP contribution in [0.25, 0.3) is 66.4 Å². The molecule has 2 aliphatic rings. The number of hydrogen-bond acceptors (Lipinski definition) is 2. The zero-order valence-electron chi connectivity index (χ0n) is 22.6. The van der Waals surface area contributed by atoms with Crippen molar-refractivity contribution in [1.82, 2.24) is 4.98 Å². The highest BCUT2D eigenvalue weighted by Crippen LogP contribution is 2.63. The summed E-state index contributed by atoms with van der Waals surface area (Å²) in [5, 5.41) is 2.13. The van der Waals surface area contributed by atoms with E-state index in [0.29, 0.717) is 0 Å². The molecular formula is C40H23NO. The summed E-state index contributed by atoms with van der Waals surface area (Å²) in [6.07, 6.45) is 0. The molecule has 0 bridgehead atoms. The summed E-state index contributed by atoms with van der Waals surface area (Å²) in [6.45, 7) is 0. The van der Waals surface area contributed by atoms with Crippen LogP contribution in [0.4, 0.5) is 0 Å². The van der Waals surface area contributed by atoms with Crippen molar-refractivity contribution in [1.29, 1.82) is 0 Å². The van der Waals surface area contributed by atoms with Crippen molar-refractivity contribution in [2.75, 3.05) is 0 Å². The van der Waals surface area contributed by atoms with Gasteiger partial charge in [-0.25, -0.2) is 4.98 Å². The van der Waals surface area contributed by atoms with Gasteiger partial charge in [-0.2, -0.15) is 0 Å². The number of furan rings is 1.